The van der Waals surface area contributed by atoms with Crippen LogP contribution in [0.5, 0.6) is 0 Å². The lowest BCUT2D eigenvalue weighted by Gasteiger charge is -2.16. The molecule has 0 saturated heterocycles. The minimum absolute atomic E-state index is 0.0591. The van der Waals surface area contributed by atoms with Gasteiger partial charge in [-0.25, -0.2) is 4.39 Å². The van der Waals surface area contributed by atoms with Crippen molar-refractivity contribution >= 4 is 17.3 Å². The lowest BCUT2D eigenvalue weighted by Crippen LogP contribution is -2.11. The Balaban J connectivity index is 2.28. The van der Waals surface area contributed by atoms with Crippen LogP contribution < -0.4 is 5.32 Å². The van der Waals surface area contributed by atoms with E-state index in [1.165, 1.54) is 30.3 Å². The molecule has 1 nitrogen and oxygen atoms in total. The van der Waals surface area contributed by atoms with Crippen molar-refractivity contribution < 1.29 is 17.6 Å². The maximum Gasteiger partial charge on any atom is 0.418 e. The van der Waals surface area contributed by atoms with E-state index in [4.69, 9.17) is 11.6 Å². The van der Waals surface area contributed by atoms with Gasteiger partial charge in [-0.2, -0.15) is 13.2 Å². The SMILES string of the molecule is Fc1ccccc1CNc1c(Cl)cccc1C(F)(F)F. The molecule has 0 saturated carbocycles. The molecule has 2 rings (SSSR count). The molecule has 20 heavy (non-hydrogen) atoms. The summed E-state index contributed by atoms with van der Waals surface area (Å²) >= 11 is 5.79. The topological polar surface area (TPSA) is 12.0 Å². The number of benzene rings is 2. The number of halogens is 5. The van der Waals surface area contributed by atoms with Crippen molar-refractivity contribution in [3.05, 3.63) is 64.4 Å². The van der Waals surface area contributed by atoms with Crippen LogP contribution in [-0.2, 0) is 12.7 Å². The predicted molar refractivity (Wildman–Crippen MR) is 70.2 cm³/mol. The zero-order valence-corrected chi connectivity index (χ0v) is 10.9. The van der Waals surface area contributed by atoms with E-state index in [1.807, 2.05) is 0 Å². The molecule has 106 valence electrons. The maximum absolute atomic E-state index is 13.4. The zero-order chi connectivity index (χ0) is 14.8. The second kappa shape index (κ2) is 5.71. The fourth-order valence-corrected chi connectivity index (χ4v) is 2.01. The standard InChI is InChI=1S/C14H10ClF4N/c15-11-6-3-5-10(14(17,18)19)13(11)20-8-9-4-1-2-7-12(9)16/h1-7,20H,8H2. The van der Waals surface area contributed by atoms with Gasteiger partial charge in [0, 0.05) is 12.1 Å². The highest BCUT2D eigenvalue weighted by Gasteiger charge is 2.34. The molecule has 0 amide bonds. The van der Waals surface area contributed by atoms with Crippen molar-refractivity contribution in [2.75, 3.05) is 5.32 Å². The number of para-hydroxylation sites is 1. The van der Waals surface area contributed by atoms with Crippen LogP contribution in [0.3, 0.4) is 0 Å². The van der Waals surface area contributed by atoms with Crippen LogP contribution >= 0.6 is 11.6 Å². The third-order valence-electron chi connectivity index (χ3n) is 2.73. The van der Waals surface area contributed by atoms with Crippen LogP contribution in [0.4, 0.5) is 23.2 Å². The molecule has 6 heteroatoms. The molecule has 0 heterocycles. The number of nitrogens with one attached hydrogen (secondary N) is 1. The van der Waals surface area contributed by atoms with Crippen molar-refractivity contribution in [2.24, 2.45) is 0 Å². The predicted octanol–water partition coefficient (Wildman–Crippen LogP) is 5.11. The lowest BCUT2D eigenvalue weighted by molar-refractivity contribution is -0.136. The quantitative estimate of drug-likeness (QED) is 0.777. The number of hydrogen-bond donors (Lipinski definition) is 1. The minimum atomic E-state index is -4.53. The van der Waals surface area contributed by atoms with Gasteiger partial charge in [0.15, 0.2) is 0 Å². The van der Waals surface area contributed by atoms with E-state index in [2.05, 4.69) is 5.32 Å². The highest BCUT2D eigenvalue weighted by atomic mass is 35.5. The monoisotopic (exact) mass is 303 g/mol. The molecule has 0 aliphatic rings. The fourth-order valence-electron chi connectivity index (χ4n) is 1.77. The Labute approximate surface area is 118 Å². The molecule has 1 N–H and O–H groups in total. The summed E-state index contributed by atoms with van der Waals surface area (Å²) in [6.45, 7) is -0.0838. The molecule has 0 atom stereocenters. The van der Waals surface area contributed by atoms with E-state index in [1.54, 1.807) is 6.07 Å². The average Bonchev–Trinajstić information content (AvgIpc) is 2.37. The fraction of sp³-hybridized carbons (Fsp3) is 0.143. The van der Waals surface area contributed by atoms with Crippen molar-refractivity contribution in [1.82, 2.24) is 0 Å². The first-order chi connectivity index (χ1) is 9.39. The summed E-state index contributed by atoms with van der Waals surface area (Å²) in [6, 6.07) is 9.35. The summed E-state index contributed by atoms with van der Waals surface area (Å²) in [4.78, 5) is 0. The van der Waals surface area contributed by atoms with E-state index in [9.17, 15) is 17.6 Å². The largest absolute Gasteiger partial charge is 0.418 e. The zero-order valence-electron chi connectivity index (χ0n) is 10.1. The molecular formula is C14H10ClF4N. The van der Waals surface area contributed by atoms with E-state index in [0.29, 0.717) is 0 Å². The van der Waals surface area contributed by atoms with E-state index in [-0.39, 0.29) is 22.8 Å². The van der Waals surface area contributed by atoms with Crippen LogP contribution in [0.15, 0.2) is 42.5 Å². The van der Waals surface area contributed by atoms with Crippen LogP contribution in [0.2, 0.25) is 5.02 Å². The summed E-state index contributed by atoms with van der Waals surface area (Å²) < 4.78 is 52.0. The van der Waals surface area contributed by atoms with Gasteiger partial charge >= 0.3 is 6.18 Å². The maximum atomic E-state index is 13.4. The van der Waals surface area contributed by atoms with Gasteiger partial charge in [0.25, 0.3) is 0 Å². The van der Waals surface area contributed by atoms with Crippen molar-refractivity contribution in [3.8, 4) is 0 Å². The summed E-state index contributed by atoms with van der Waals surface area (Å²) in [6.07, 6.45) is -4.53. The highest BCUT2D eigenvalue weighted by Crippen LogP contribution is 2.38. The molecule has 2 aromatic carbocycles. The first kappa shape index (κ1) is 14.7. The van der Waals surface area contributed by atoms with Crippen molar-refractivity contribution in [1.29, 1.82) is 0 Å². The molecule has 0 aromatic heterocycles. The molecule has 0 aliphatic heterocycles. The van der Waals surface area contributed by atoms with E-state index < -0.39 is 17.6 Å². The normalized spacial score (nSPS) is 11.4. The molecule has 0 radical (unpaired) electrons. The van der Waals surface area contributed by atoms with Gasteiger partial charge in [-0.1, -0.05) is 35.9 Å². The number of rotatable bonds is 3. The lowest BCUT2D eigenvalue weighted by atomic mass is 10.1. The Hall–Kier alpha value is -1.75. The minimum Gasteiger partial charge on any atom is -0.379 e. The Bertz CT molecular complexity index is 610. The molecule has 0 aliphatic carbocycles. The van der Waals surface area contributed by atoms with Crippen LogP contribution in [0.25, 0.3) is 0 Å². The van der Waals surface area contributed by atoms with Crippen molar-refractivity contribution in [3.63, 3.8) is 0 Å². The van der Waals surface area contributed by atoms with Gasteiger partial charge in [0.1, 0.15) is 5.82 Å². The summed E-state index contributed by atoms with van der Waals surface area (Å²) in [5.41, 5.74) is -0.855. The van der Waals surface area contributed by atoms with Gasteiger partial charge in [-0.05, 0) is 18.2 Å². The van der Waals surface area contributed by atoms with Crippen molar-refractivity contribution in [2.45, 2.75) is 12.7 Å². The van der Waals surface area contributed by atoms with Gasteiger partial charge in [-0.3, -0.25) is 0 Å². The first-order valence-corrected chi connectivity index (χ1v) is 6.10. The molecule has 0 fully saturated rings. The second-order valence-electron chi connectivity index (χ2n) is 4.11. The summed E-state index contributed by atoms with van der Waals surface area (Å²) in [5.74, 6) is -0.486. The average molecular weight is 304 g/mol. The smallest absolute Gasteiger partial charge is 0.379 e. The molecular weight excluding hydrogens is 294 g/mol. The number of anilines is 1. The third-order valence-corrected chi connectivity index (χ3v) is 3.05. The molecule has 0 bridgehead atoms. The van der Waals surface area contributed by atoms with E-state index >= 15 is 0 Å². The second-order valence-corrected chi connectivity index (χ2v) is 4.51. The Morgan fingerprint density at radius 1 is 1.00 bits per heavy atom. The number of alkyl halides is 3. The van der Waals surface area contributed by atoms with Crippen LogP contribution in [0.1, 0.15) is 11.1 Å². The number of hydrogen-bond acceptors (Lipinski definition) is 1. The van der Waals surface area contributed by atoms with Crippen LogP contribution in [0, 0.1) is 5.82 Å². The van der Waals surface area contributed by atoms with Gasteiger partial charge < -0.3 is 5.32 Å². The Morgan fingerprint density at radius 3 is 2.35 bits per heavy atom. The summed E-state index contributed by atoms with van der Waals surface area (Å²) in [7, 11) is 0. The molecule has 0 unspecified atom stereocenters. The Morgan fingerprint density at radius 2 is 1.70 bits per heavy atom. The van der Waals surface area contributed by atoms with Gasteiger partial charge in [0.05, 0.1) is 16.3 Å². The molecule has 2 aromatic rings. The van der Waals surface area contributed by atoms with Gasteiger partial charge in [0.2, 0.25) is 0 Å². The first-order valence-electron chi connectivity index (χ1n) is 5.72. The molecule has 0 spiro atoms. The van der Waals surface area contributed by atoms with Gasteiger partial charge in [-0.15, -0.1) is 0 Å². The third kappa shape index (κ3) is 3.22. The highest BCUT2D eigenvalue weighted by molar-refractivity contribution is 6.33. The van der Waals surface area contributed by atoms with E-state index in [0.717, 1.165) is 6.07 Å². The Kier molecular flexibility index (Phi) is 4.18. The van der Waals surface area contributed by atoms with Crippen LogP contribution in [-0.4, -0.2) is 0 Å². The summed E-state index contributed by atoms with van der Waals surface area (Å²) in [5, 5.41) is 2.49.